The van der Waals surface area contributed by atoms with E-state index in [0.717, 1.165) is 0 Å². The lowest BCUT2D eigenvalue weighted by molar-refractivity contribution is -0.169. The molecule has 0 radical (unpaired) electrons. The molecule has 1 rings (SSSR count). The SMILES string of the molecule is CN(C)/C=C(\C#N)C(=O)N/N=C(\CC(=O)C(F)(F)F)c1ccco1. The molecule has 1 N–H and O–H groups in total. The molecule has 0 aliphatic carbocycles. The molecule has 0 bridgehead atoms. The first-order chi connectivity index (χ1) is 11.1. The van der Waals surface area contributed by atoms with Gasteiger partial charge in [-0.25, -0.2) is 5.43 Å². The zero-order valence-corrected chi connectivity index (χ0v) is 12.7. The molecule has 24 heavy (non-hydrogen) atoms. The molecule has 10 heteroatoms. The predicted molar refractivity (Wildman–Crippen MR) is 76.4 cm³/mol. The van der Waals surface area contributed by atoms with E-state index in [0.29, 0.717) is 0 Å². The summed E-state index contributed by atoms with van der Waals surface area (Å²) in [6.45, 7) is 0. The van der Waals surface area contributed by atoms with Crippen molar-refractivity contribution < 1.29 is 27.2 Å². The van der Waals surface area contributed by atoms with Crippen molar-refractivity contribution in [3.8, 4) is 6.07 Å². The largest absolute Gasteiger partial charge is 0.463 e. The van der Waals surface area contributed by atoms with Crippen molar-refractivity contribution >= 4 is 17.4 Å². The molecule has 0 fully saturated rings. The summed E-state index contributed by atoms with van der Waals surface area (Å²) in [4.78, 5) is 24.3. The topological polar surface area (TPSA) is 98.7 Å². The molecule has 0 saturated carbocycles. The summed E-state index contributed by atoms with van der Waals surface area (Å²) < 4.78 is 42.1. The van der Waals surface area contributed by atoms with Crippen molar-refractivity contribution in [2.75, 3.05) is 14.1 Å². The Kier molecular flexibility index (Phi) is 6.29. The Morgan fingerprint density at radius 1 is 1.46 bits per heavy atom. The maximum absolute atomic E-state index is 12.4. The zero-order chi connectivity index (χ0) is 18.3. The highest BCUT2D eigenvalue weighted by molar-refractivity contribution is 6.11. The van der Waals surface area contributed by atoms with Crippen LogP contribution in [-0.2, 0) is 9.59 Å². The van der Waals surface area contributed by atoms with Gasteiger partial charge in [-0.1, -0.05) is 0 Å². The number of ketones is 1. The van der Waals surface area contributed by atoms with Gasteiger partial charge in [0.1, 0.15) is 23.1 Å². The highest BCUT2D eigenvalue weighted by Gasteiger charge is 2.39. The minimum absolute atomic E-state index is 0.108. The molecule has 128 valence electrons. The molecule has 7 nitrogen and oxygen atoms in total. The minimum atomic E-state index is -5.04. The summed E-state index contributed by atoms with van der Waals surface area (Å²) in [5, 5.41) is 12.4. The van der Waals surface area contributed by atoms with E-state index in [9.17, 15) is 22.8 Å². The quantitative estimate of drug-likeness (QED) is 0.366. The number of amides is 1. The van der Waals surface area contributed by atoms with Crippen molar-refractivity contribution in [3.05, 3.63) is 35.9 Å². The standard InChI is InChI=1S/C14H13F3N4O3/c1-21(2)8-9(7-18)13(23)20-19-10(11-4-3-5-24-11)6-12(22)14(15,16)17/h3-5,8H,6H2,1-2H3,(H,20,23)/b9-8+,19-10+. The van der Waals surface area contributed by atoms with Crippen molar-refractivity contribution in [3.63, 3.8) is 0 Å². The Labute approximate surface area is 135 Å². The molecule has 1 amide bonds. The molecule has 0 aromatic carbocycles. The summed E-state index contributed by atoms with van der Waals surface area (Å²) in [5.41, 5.74) is 1.20. The van der Waals surface area contributed by atoms with Gasteiger partial charge in [0.05, 0.1) is 12.7 Å². The third-order valence-electron chi connectivity index (χ3n) is 2.49. The Morgan fingerprint density at radius 2 is 2.12 bits per heavy atom. The van der Waals surface area contributed by atoms with Gasteiger partial charge >= 0.3 is 6.18 Å². The van der Waals surface area contributed by atoms with E-state index in [1.54, 1.807) is 20.2 Å². The third-order valence-corrected chi connectivity index (χ3v) is 2.49. The maximum Gasteiger partial charge on any atom is 0.450 e. The van der Waals surface area contributed by atoms with Gasteiger partial charge in [-0.05, 0) is 12.1 Å². The van der Waals surface area contributed by atoms with E-state index in [2.05, 4.69) is 5.10 Å². The first-order valence-electron chi connectivity index (χ1n) is 6.44. The van der Waals surface area contributed by atoms with Crippen molar-refractivity contribution in [2.45, 2.75) is 12.6 Å². The highest BCUT2D eigenvalue weighted by Crippen LogP contribution is 2.19. The number of halogens is 3. The molecule has 1 heterocycles. The van der Waals surface area contributed by atoms with E-state index in [1.165, 1.54) is 29.5 Å². The van der Waals surface area contributed by atoms with Crippen LogP contribution >= 0.6 is 0 Å². The van der Waals surface area contributed by atoms with Crippen LogP contribution in [0.25, 0.3) is 0 Å². The summed E-state index contributed by atoms with van der Waals surface area (Å²) in [6, 6.07) is 4.30. The molecule has 0 saturated heterocycles. The van der Waals surface area contributed by atoms with E-state index in [-0.39, 0.29) is 11.3 Å². The van der Waals surface area contributed by atoms with Crippen LogP contribution in [-0.4, -0.2) is 42.6 Å². The molecular formula is C14H13F3N4O3. The van der Waals surface area contributed by atoms with E-state index < -0.39 is 30.0 Å². The monoisotopic (exact) mass is 342 g/mol. The fourth-order valence-electron chi connectivity index (χ4n) is 1.45. The normalized spacial score (nSPS) is 12.5. The molecular weight excluding hydrogens is 329 g/mol. The van der Waals surface area contributed by atoms with E-state index >= 15 is 0 Å². The van der Waals surface area contributed by atoms with Crippen LogP contribution in [0.1, 0.15) is 12.2 Å². The van der Waals surface area contributed by atoms with Gasteiger partial charge in [0.2, 0.25) is 5.78 Å². The number of hydrazone groups is 1. The van der Waals surface area contributed by atoms with Crippen LogP contribution in [0, 0.1) is 11.3 Å². The number of carbonyl (C=O) groups is 2. The number of furan rings is 1. The van der Waals surface area contributed by atoms with Crippen LogP contribution in [0.4, 0.5) is 13.2 Å². The van der Waals surface area contributed by atoms with Crippen molar-refractivity contribution in [1.82, 2.24) is 10.3 Å². The first-order valence-corrected chi connectivity index (χ1v) is 6.44. The smallest absolute Gasteiger partial charge is 0.450 e. The number of nitrogens with zero attached hydrogens (tertiary/aromatic N) is 3. The number of rotatable bonds is 6. The van der Waals surface area contributed by atoms with Crippen molar-refractivity contribution in [2.24, 2.45) is 5.10 Å². The van der Waals surface area contributed by atoms with Gasteiger partial charge < -0.3 is 9.32 Å². The third kappa shape index (κ3) is 5.60. The molecule has 0 aliphatic rings. The number of carbonyl (C=O) groups excluding carboxylic acids is 2. The maximum atomic E-state index is 12.4. The number of nitriles is 1. The fraction of sp³-hybridized carbons (Fsp3) is 0.286. The second kappa shape index (κ2) is 7.96. The number of alkyl halides is 3. The second-order valence-corrected chi connectivity index (χ2v) is 4.69. The Hall–Kier alpha value is -3.09. The number of hydrogen-bond donors (Lipinski definition) is 1. The summed E-state index contributed by atoms with van der Waals surface area (Å²) in [7, 11) is 3.15. The molecule has 1 aromatic rings. The average Bonchev–Trinajstić information content (AvgIpc) is 3.01. The molecule has 0 unspecified atom stereocenters. The Morgan fingerprint density at radius 3 is 2.58 bits per heavy atom. The minimum Gasteiger partial charge on any atom is -0.463 e. The van der Waals surface area contributed by atoms with E-state index in [4.69, 9.17) is 9.68 Å². The summed E-state index contributed by atoms with van der Waals surface area (Å²) in [5.74, 6) is -3.09. The van der Waals surface area contributed by atoms with Crippen molar-refractivity contribution in [1.29, 1.82) is 5.26 Å². The summed E-state index contributed by atoms with van der Waals surface area (Å²) >= 11 is 0. The fourth-order valence-corrected chi connectivity index (χ4v) is 1.45. The van der Waals surface area contributed by atoms with Crippen LogP contribution in [0.5, 0.6) is 0 Å². The second-order valence-electron chi connectivity index (χ2n) is 4.69. The van der Waals surface area contributed by atoms with E-state index in [1.807, 2.05) is 5.43 Å². The molecule has 0 spiro atoms. The molecule has 0 atom stereocenters. The number of hydrogen-bond acceptors (Lipinski definition) is 6. The Balaban J connectivity index is 3.00. The van der Waals surface area contributed by atoms with Gasteiger partial charge in [0.15, 0.2) is 0 Å². The van der Waals surface area contributed by atoms with Crippen LogP contribution < -0.4 is 5.43 Å². The van der Waals surface area contributed by atoms with Crippen LogP contribution in [0.3, 0.4) is 0 Å². The lowest BCUT2D eigenvalue weighted by Gasteiger charge is -2.08. The van der Waals surface area contributed by atoms with Crippen LogP contribution in [0.2, 0.25) is 0 Å². The number of Topliss-reactive ketones (excluding diaryl/α,β-unsaturated/α-hetero) is 1. The summed E-state index contributed by atoms with van der Waals surface area (Å²) in [6.07, 6.45) is -3.77. The lowest BCUT2D eigenvalue weighted by Crippen LogP contribution is -2.28. The van der Waals surface area contributed by atoms with Gasteiger partial charge in [0.25, 0.3) is 5.91 Å². The lowest BCUT2D eigenvalue weighted by atomic mass is 10.1. The van der Waals surface area contributed by atoms with Crippen LogP contribution in [0.15, 0.2) is 39.7 Å². The first kappa shape index (κ1) is 19.0. The van der Waals surface area contributed by atoms with Gasteiger partial charge in [-0.15, -0.1) is 0 Å². The molecule has 1 aromatic heterocycles. The van der Waals surface area contributed by atoms with Gasteiger partial charge in [-0.3, -0.25) is 9.59 Å². The molecule has 0 aliphatic heterocycles. The predicted octanol–water partition coefficient (Wildman–Crippen LogP) is 1.59. The van der Waals surface area contributed by atoms with Gasteiger partial charge in [0, 0.05) is 20.3 Å². The number of nitrogens with one attached hydrogen (secondary N) is 1. The van der Waals surface area contributed by atoms with Gasteiger partial charge in [-0.2, -0.15) is 23.5 Å². The zero-order valence-electron chi connectivity index (χ0n) is 12.7. The Bertz CT molecular complexity index is 698. The highest BCUT2D eigenvalue weighted by atomic mass is 19.4. The average molecular weight is 342 g/mol.